The highest BCUT2D eigenvalue weighted by Gasteiger charge is 2.26. The molecule has 1 rings (SSSR count). The van der Waals surface area contributed by atoms with Gasteiger partial charge in [-0.3, -0.25) is 0 Å². The molecule has 0 fully saturated rings. The van der Waals surface area contributed by atoms with E-state index in [0.717, 1.165) is 29.8 Å². The zero-order valence-electron chi connectivity index (χ0n) is 16.5. The van der Waals surface area contributed by atoms with Crippen LogP contribution in [0.1, 0.15) is 72.1 Å². The highest BCUT2D eigenvalue weighted by atomic mass is 32.1. The van der Waals surface area contributed by atoms with Crippen LogP contribution in [0.15, 0.2) is 12.1 Å². The third-order valence-electron chi connectivity index (χ3n) is 4.17. The smallest absolute Gasteiger partial charge is 0.259 e. The Morgan fingerprint density at radius 2 is 1.42 bits per heavy atom. The third-order valence-corrected chi connectivity index (χ3v) is 4.55. The van der Waals surface area contributed by atoms with Crippen molar-refractivity contribution in [3.8, 4) is 5.75 Å². The van der Waals surface area contributed by atoms with Gasteiger partial charge in [0.05, 0.1) is 0 Å². The van der Waals surface area contributed by atoms with Crippen molar-refractivity contribution in [1.82, 2.24) is 4.90 Å². The van der Waals surface area contributed by atoms with E-state index in [1.54, 1.807) is 0 Å². The number of hydrogen-bond acceptors (Lipinski definition) is 3. The summed E-state index contributed by atoms with van der Waals surface area (Å²) in [5, 5.41) is 11.3. The molecule has 1 N–H and O–H groups in total. The number of phenols is 1. The van der Waals surface area contributed by atoms with Gasteiger partial charge >= 0.3 is 0 Å². The first-order chi connectivity index (χ1) is 10.9. The monoisotopic (exact) mass is 351 g/mol. The molecule has 0 bridgehead atoms. The van der Waals surface area contributed by atoms with Crippen molar-refractivity contribution in [1.29, 1.82) is 0 Å². The predicted octanol–water partition coefficient (Wildman–Crippen LogP) is 5.13. The van der Waals surface area contributed by atoms with E-state index in [4.69, 9.17) is 17.0 Å². The lowest BCUT2D eigenvalue weighted by atomic mass is 9.78. The fourth-order valence-electron chi connectivity index (χ4n) is 2.64. The maximum atomic E-state index is 10.8. The van der Waals surface area contributed by atoms with Crippen molar-refractivity contribution in [3.05, 3.63) is 28.8 Å². The maximum absolute atomic E-state index is 10.8. The number of aromatic hydroxyl groups is 1. The average molecular weight is 352 g/mol. The van der Waals surface area contributed by atoms with Crippen LogP contribution >= 0.6 is 12.2 Å². The maximum Gasteiger partial charge on any atom is 0.259 e. The quantitative estimate of drug-likeness (QED) is 0.762. The van der Waals surface area contributed by atoms with Gasteiger partial charge in [0.1, 0.15) is 12.4 Å². The summed E-state index contributed by atoms with van der Waals surface area (Å²) >= 11 is 5.37. The summed E-state index contributed by atoms with van der Waals surface area (Å²) in [4.78, 5) is 2.02. The summed E-state index contributed by atoms with van der Waals surface area (Å²) in [7, 11) is 0. The normalized spacial score (nSPS) is 12.2. The number of thiocarbonyl (C=S) groups is 1. The van der Waals surface area contributed by atoms with Gasteiger partial charge < -0.3 is 14.7 Å². The van der Waals surface area contributed by atoms with Crippen LogP contribution < -0.4 is 0 Å². The van der Waals surface area contributed by atoms with Gasteiger partial charge in [0.15, 0.2) is 0 Å². The molecule has 24 heavy (non-hydrogen) atoms. The van der Waals surface area contributed by atoms with Crippen molar-refractivity contribution in [2.75, 3.05) is 13.1 Å². The Labute approximate surface area is 153 Å². The molecule has 0 heterocycles. The average Bonchev–Trinajstić information content (AvgIpc) is 2.44. The first-order valence-electron chi connectivity index (χ1n) is 8.70. The first-order valence-corrected chi connectivity index (χ1v) is 9.11. The number of benzene rings is 1. The molecule has 0 saturated heterocycles. The fraction of sp³-hybridized carbons (Fsp3) is 0.650. The van der Waals surface area contributed by atoms with E-state index in [2.05, 4.69) is 55.4 Å². The van der Waals surface area contributed by atoms with Crippen LogP contribution in [-0.4, -0.2) is 28.3 Å². The van der Waals surface area contributed by atoms with E-state index in [1.807, 2.05) is 17.0 Å². The van der Waals surface area contributed by atoms with Crippen molar-refractivity contribution in [2.24, 2.45) is 0 Å². The summed E-state index contributed by atoms with van der Waals surface area (Å²) in [6.45, 7) is 18.9. The molecule has 0 saturated carbocycles. The standard InChI is InChI=1S/C20H33NO2S/c1-9-21(10-2)18(24)23-13-14-11-15(19(3,4)5)17(22)16(12-14)20(6,7)8/h11-12,22H,9-10,13H2,1-8H3. The van der Waals surface area contributed by atoms with Crippen LogP contribution in [0, 0.1) is 0 Å². The molecule has 0 amide bonds. The molecule has 0 radical (unpaired) electrons. The van der Waals surface area contributed by atoms with E-state index >= 15 is 0 Å². The van der Waals surface area contributed by atoms with Crippen LogP contribution in [0.4, 0.5) is 0 Å². The van der Waals surface area contributed by atoms with Gasteiger partial charge in [0, 0.05) is 13.1 Å². The van der Waals surface area contributed by atoms with Crippen molar-refractivity contribution in [3.63, 3.8) is 0 Å². The molecule has 0 spiro atoms. The highest BCUT2D eigenvalue weighted by Crippen LogP contribution is 2.39. The second-order valence-electron chi connectivity index (χ2n) is 8.27. The van der Waals surface area contributed by atoms with E-state index in [9.17, 15) is 5.11 Å². The Morgan fingerprint density at radius 3 is 1.75 bits per heavy atom. The number of ether oxygens (including phenoxy) is 1. The molecule has 0 atom stereocenters. The lowest BCUT2D eigenvalue weighted by Gasteiger charge is -2.28. The van der Waals surface area contributed by atoms with Crippen LogP contribution in [0.2, 0.25) is 0 Å². The van der Waals surface area contributed by atoms with Gasteiger partial charge in [0.2, 0.25) is 0 Å². The van der Waals surface area contributed by atoms with Crippen molar-refractivity contribution < 1.29 is 9.84 Å². The molecule has 136 valence electrons. The third kappa shape index (κ3) is 5.10. The van der Waals surface area contributed by atoms with Crippen LogP contribution in [0.3, 0.4) is 0 Å². The molecule has 0 aliphatic carbocycles. The molecule has 0 unspecified atom stereocenters. The Bertz CT molecular complexity index is 543. The highest BCUT2D eigenvalue weighted by molar-refractivity contribution is 7.80. The van der Waals surface area contributed by atoms with E-state index < -0.39 is 0 Å². The Morgan fingerprint density at radius 1 is 1.00 bits per heavy atom. The van der Waals surface area contributed by atoms with Gasteiger partial charge in [-0.25, -0.2) is 0 Å². The predicted molar refractivity (Wildman–Crippen MR) is 106 cm³/mol. The first kappa shape index (κ1) is 20.8. The lowest BCUT2D eigenvalue weighted by molar-refractivity contribution is 0.238. The molecule has 0 aliphatic heterocycles. The summed E-state index contributed by atoms with van der Waals surface area (Å²) in [5.74, 6) is 0.394. The minimum absolute atomic E-state index is 0.139. The summed E-state index contributed by atoms with van der Waals surface area (Å²) in [6.07, 6.45) is 0. The Kier molecular flexibility index (Phi) is 6.68. The molecule has 0 aliphatic rings. The molecule has 1 aromatic rings. The van der Waals surface area contributed by atoms with Gasteiger partial charge in [0.25, 0.3) is 5.17 Å². The van der Waals surface area contributed by atoms with Gasteiger partial charge in [-0.1, -0.05) is 41.5 Å². The van der Waals surface area contributed by atoms with Crippen LogP contribution in [0.5, 0.6) is 5.75 Å². The Balaban J connectivity index is 3.18. The number of hydrogen-bond donors (Lipinski definition) is 1. The topological polar surface area (TPSA) is 32.7 Å². The van der Waals surface area contributed by atoms with Crippen molar-refractivity contribution >= 4 is 17.4 Å². The second kappa shape index (κ2) is 7.73. The van der Waals surface area contributed by atoms with Crippen molar-refractivity contribution in [2.45, 2.75) is 72.8 Å². The number of phenolic OH excluding ortho intramolecular Hbond substituents is 1. The molecule has 0 aromatic heterocycles. The minimum Gasteiger partial charge on any atom is -0.507 e. The summed E-state index contributed by atoms with van der Waals surface area (Å²) in [6, 6.07) is 4.07. The van der Waals surface area contributed by atoms with Gasteiger partial charge in [-0.05, 0) is 65.7 Å². The van der Waals surface area contributed by atoms with Crippen LogP contribution in [-0.2, 0) is 22.2 Å². The van der Waals surface area contributed by atoms with Gasteiger partial charge in [-0.15, -0.1) is 0 Å². The molecular formula is C20H33NO2S. The van der Waals surface area contributed by atoms with E-state index in [1.165, 1.54) is 0 Å². The molecule has 4 heteroatoms. The second-order valence-corrected chi connectivity index (χ2v) is 8.62. The zero-order chi connectivity index (χ0) is 18.7. The van der Waals surface area contributed by atoms with Crippen LogP contribution in [0.25, 0.3) is 0 Å². The zero-order valence-corrected chi connectivity index (χ0v) is 17.3. The molecule has 3 nitrogen and oxygen atoms in total. The summed E-state index contributed by atoms with van der Waals surface area (Å²) in [5.41, 5.74) is 2.65. The largest absolute Gasteiger partial charge is 0.507 e. The summed E-state index contributed by atoms with van der Waals surface area (Å²) < 4.78 is 5.82. The van der Waals surface area contributed by atoms with E-state index in [-0.39, 0.29) is 10.8 Å². The number of nitrogens with zero attached hydrogens (tertiary/aromatic N) is 1. The molecular weight excluding hydrogens is 318 g/mol. The fourth-order valence-corrected chi connectivity index (χ4v) is 2.96. The minimum atomic E-state index is -0.139. The SMILES string of the molecule is CCN(CC)C(=S)OCc1cc(C(C)(C)C)c(O)c(C(C)(C)C)c1. The Hall–Kier alpha value is -1.29. The molecule has 1 aromatic carbocycles. The van der Waals surface area contributed by atoms with E-state index in [0.29, 0.717) is 17.5 Å². The number of rotatable bonds is 4. The lowest BCUT2D eigenvalue weighted by Crippen LogP contribution is -2.30. The van der Waals surface area contributed by atoms with Gasteiger partial charge in [-0.2, -0.15) is 0 Å².